The standard InChI is InChI=1S/C61H112O6/c1-4-7-10-13-16-19-22-25-27-28-29-30-31-32-34-36-39-42-45-48-51-54-60(63)66-57-58(56-65-59(62)53-50-47-44-41-38-35-24-21-18-15-12-9-6-3)67-61(64)55-52-49-46-43-40-37-33-26-23-20-17-14-11-8-5-2/h8,11,17,20,26,33,58H,4-7,9-10,12-16,18-19,21-25,27-32,34-57H2,1-3H3/b11-8-,20-17-,33-26-. The normalized spacial score (nSPS) is 12.2. The van der Waals surface area contributed by atoms with Crippen LogP contribution in [-0.4, -0.2) is 37.2 Å². The highest BCUT2D eigenvalue weighted by atomic mass is 16.6. The molecule has 0 aromatic heterocycles. The number of allylic oxidation sites excluding steroid dienone is 6. The zero-order valence-electron chi connectivity index (χ0n) is 44.9. The maximum Gasteiger partial charge on any atom is 0.306 e. The molecular weight excluding hydrogens is 829 g/mol. The summed E-state index contributed by atoms with van der Waals surface area (Å²) < 4.78 is 16.9. The van der Waals surface area contributed by atoms with Crippen molar-refractivity contribution in [2.45, 2.75) is 322 Å². The van der Waals surface area contributed by atoms with Gasteiger partial charge in [-0.05, 0) is 51.4 Å². The Bertz CT molecular complexity index is 1130. The Morgan fingerprint density at radius 2 is 0.582 bits per heavy atom. The van der Waals surface area contributed by atoms with Crippen LogP contribution in [-0.2, 0) is 28.6 Å². The second-order valence-electron chi connectivity index (χ2n) is 19.9. The quantitative estimate of drug-likeness (QED) is 0.0262. The van der Waals surface area contributed by atoms with E-state index in [1.54, 1.807) is 0 Å². The van der Waals surface area contributed by atoms with E-state index < -0.39 is 6.10 Å². The van der Waals surface area contributed by atoms with Crippen LogP contribution in [0.5, 0.6) is 0 Å². The average molecular weight is 942 g/mol. The summed E-state index contributed by atoms with van der Waals surface area (Å²) in [5.41, 5.74) is 0. The van der Waals surface area contributed by atoms with Gasteiger partial charge in [0.1, 0.15) is 13.2 Å². The third-order valence-electron chi connectivity index (χ3n) is 13.2. The Kier molecular flexibility index (Phi) is 54.2. The van der Waals surface area contributed by atoms with Crippen LogP contribution in [0.1, 0.15) is 316 Å². The number of ether oxygens (including phenoxy) is 3. The number of unbranched alkanes of at least 4 members (excludes halogenated alkanes) is 37. The van der Waals surface area contributed by atoms with Crippen molar-refractivity contribution in [1.29, 1.82) is 0 Å². The first-order valence-electron chi connectivity index (χ1n) is 29.5. The maximum absolute atomic E-state index is 12.8. The Balaban J connectivity index is 4.29. The molecule has 0 heterocycles. The molecule has 0 rings (SSSR count). The van der Waals surface area contributed by atoms with E-state index in [2.05, 4.69) is 57.2 Å². The van der Waals surface area contributed by atoms with Crippen LogP contribution in [0.4, 0.5) is 0 Å². The predicted molar refractivity (Wildman–Crippen MR) is 289 cm³/mol. The molecule has 0 radical (unpaired) electrons. The predicted octanol–water partition coefficient (Wildman–Crippen LogP) is 19.7. The van der Waals surface area contributed by atoms with Crippen LogP contribution in [0.25, 0.3) is 0 Å². The average Bonchev–Trinajstić information content (AvgIpc) is 3.33. The van der Waals surface area contributed by atoms with Gasteiger partial charge in [-0.3, -0.25) is 14.4 Å². The van der Waals surface area contributed by atoms with Crippen molar-refractivity contribution in [1.82, 2.24) is 0 Å². The molecule has 392 valence electrons. The molecule has 0 saturated carbocycles. The molecule has 1 unspecified atom stereocenters. The smallest absolute Gasteiger partial charge is 0.306 e. The fourth-order valence-corrected chi connectivity index (χ4v) is 8.75. The molecule has 0 amide bonds. The molecule has 0 aliphatic rings. The van der Waals surface area contributed by atoms with Gasteiger partial charge in [-0.1, -0.05) is 282 Å². The third kappa shape index (κ3) is 54.4. The highest BCUT2D eigenvalue weighted by Crippen LogP contribution is 2.17. The molecule has 0 bridgehead atoms. The van der Waals surface area contributed by atoms with Gasteiger partial charge in [-0.15, -0.1) is 0 Å². The molecule has 0 N–H and O–H groups in total. The van der Waals surface area contributed by atoms with Crippen molar-refractivity contribution in [2.75, 3.05) is 13.2 Å². The monoisotopic (exact) mass is 941 g/mol. The van der Waals surface area contributed by atoms with E-state index in [0.717, 1.165) is 96.3 Å². The minimum atomic E-state index is -0.777. The molecule has 6 heteroatoms. The highest BCUT2D eigenvalue weighted by Gasteiger charge is 2.19. The summed E-state index contributed by atoms with van der Waals surface area (Å²) in [6.07, 6.45) is 67.1. The van der Waals surface area contributed by atoms with E-state index >= 15 is 0 Å². The van der Waals surface area contributed by atoms with E-state index in [-0.39, 0.29) is 31.1 Å². The lowest BCUT2D eigenvalue weighted by molar-refractivity contribution is -0.167. The zero-order valence-corrected chi connectivity index (χ0v) is 44.9. The largest absolute Gasteiger partial charge is 0.462 e. The van der Waals surface area contributed by atoms with Gasteiger partial charge in [0.05, 0.1) is 0 Å². The number of carbonyl (C=O) groups excluding carboxylic acids is 3. The molecule has 0 aromatic carbocycles. The lowest BCUT2D eigenvalue weighted by atomic mass is 10.0. The summed E-state index contributed by atoms with van der Waals surface area (Å²) in [7, 11) is 0. The van der Waals surface area contributed by atoms with E-state index in [9.17, 15) is 14.4 Å². The molecule has 0 aliphatic heterocycles. The summed E-state index contributed by atoms with van der Waals surface area (Å²) in [5, 5.41) is 0. The maximum atomic E-state index is 12.8. The second-order valence-corrected chi connectivity index (χ2v) is 19.9. The fraction of sp³-hybridized carbons (Fsp3) is 0.852. The van der Waals surface area contributed by atoms with Gasteiger partial charge in [0.2, 0.25) is 0 Å². The molecule has 0 saturated heterocycles. The van der Waals surface area contributed by atoms with Gasteiger partial charge >= 0.3 is 17.9 Å². The fourth-order valence-electron chi connectivity index (χ4n) is 8.75. The van der Waals surface area contributed by atoms with E-state index in [0.29, 0.717) is 19.3 Å². The number of carbonyl (C=O) groups is 3. The molecule has 1 atom stereocenters. The molecule has 0 aliphatic carbocycles. The van der Waals surface area contributed by atoms with Crippen molar-refractivity contribution < 1.29 is 28.6 Å². The molecule has 67 heavy (non-hydrogen) atoms. The first-order chi connectivity index (χ1) is 33.0. The topological polar surface area (TPSA) is 78.9 Å². The zero-order chi connectivity index (χ0) is 48.6. The minimum absolute atomic E-state index is 0.0743. The molecule has 0 fully saturated rings. The minimum Gasteiger partial charge on any atom is -0.462 e. The van der Waals surface area contributed by atoms with Gasteiger partial charge in [-0.2, -0.15) is 0 Å². The van der Waals surface area contributed by atoms with Gasteiger partial charge in [0.15, 0.2) is 6.10 Å². The lowest BCUT2D eigenvalue weighted by Crippen LogP contribution is -2.30. The molecule has 0 aromatic rings. The van der Waals surface area contributed by atoms with Crippen LogP contribution in [0.3, 0.4) is 0 Å². The summed E-state index contributed by atoms with van der Waals surface area (Å²) in [6, 6.07) is 0. The molecular formula is C61H112O6. The first-order valence-corrected chi connectivity index (χ1v) is 29.5. The number of rotatable bonds is 54. The number of esters is 3. The van der Waals surface area contributed by atoms with Crippen LogP contribution < -0.4 is 0 Å². The van der Waals surface area contributed by atoms with E-state index in [4.69, 9.17) is 14.2 Å². The third-order valence-corrected chi connectivity index (χ3v) is 13.2. The Morgan fingerprint density at radius 3 is 0.910 bits per heavy atom. The number of hydrogen-bond donors (Lipinski definition) is 0. The number of hydrogen-bond acceptors (Lipinski definition) is 6. The van der Waals surface area contributed by atoms with Gasteiger partial charge < -0.3 is 14.2 Å². The van der Waals surface area contributed by atoms with Crippen molar-refractivity contribution in [3.05, 3.63) is 36.5 Å². The Hall–Kier alpha value is -2.37. The van der Waals surface area contributed by atoms with Crippen molar-refractivity contribution in [2.24, 2.45) is 0 Å². The summed E-state index contributed by atoms with van der Waals surface area (Å²) in [4.78, 5) is 38.1. The van der Waals surface area contributed by atoms with Crippen LogP contribution in [0.2, 0.25) is 0 Å². The van der Waals surface area contributed by atoms with Gasteiger partial charge in [-0.25, -0.2) is 0 Å². The van der Waals surface area contributed by atoms with Gasteiger partial charge in [0, 0.05) is 19.3 Å². The summed E-state index contributed by atoms with van der Waals surface area (Å²) in [5.74, 6) is -0.872. The van der Waals surface area contributed by atoms with Crippen molar-refractivity contribution in [3.8, 4) is 0 Å². The molecule has 6 nitrogen and oxygen atoms in total. The van der Waals surface area contributed by atoms with Crippen LogP contribution in [0.15, 0.2) is 36.5 Å². The second kappa shape index (κ2) is 56.2. The highest BCUT2D eigenvalue weighted by molar-refractivity contribution is 5.71. The SMILES string of the molecule is CC/C=C\C/C=C\C/C=C\CCCCCCCC(=O)OC(COC(=O)CCCCCCCCCCCCCCC)COC(=O)CCCCCCCCCCCCCCCCCCCCCCC. The van der Waals surface area contributed by atoms with Crippen LogP contribution in [0, 0.1) is 0 Å². The Labute approximate surface area is 416 Å². The van der Waals surface area contributed by atoms with Crippen molar-refractivity contribution >= 4 is 17.9 Å². The van der Waals surface area contributed by atoms with E-state index in [1.807, 2.05) is 0 Å². The van der Waals surface area contributed by atoms with Crippen LogP contribution >= 0.6 is 0 Å². The Morgan fingerprint density at radius 1 is 0.313 bits per heavy atom. The van der Waals surface area contributed by atoms with E-state index in [1.165, 1.54) is 180 Å². The summed E-state index contributed by atoms with van der Waals surface area (Å²) in [6.45, 7) is 6.56. The van der Waals surface area contributed by atoms with Gasteiger partial charge in [0.25, 0.3) is 0 Å². The summed E-state index contributed by atoms with van der Waals surface area (Å²) >= 11 is 0. The van der Waals surface area contributed by atoms with Crippen molar-refractivity contribution in [3.63, 3.8) is 0 Å². The molecule has 0 spiro atoms. The lowest BCUT2D eigenvalue weighted by Gasteiger charge is -2.18. The first kappa shape index (κ1) is 64.6.